The number of benzene rings is 1. The first kappa shape index (κ1) is 35.4. The Morgan fingerprint density at radius 2 is 1.60 bits per heavy atom. The first-order valence-corrected chi connectivity index (χ1v) is 14.1. The minimum atomic E-state index is -5.08. The summed E-state index contributed by atoms with van der Waals surface area (Å²) in [5.41, 5.74) is 0.276. The largest absolute Gasteiger partial charge is 0.573 e. The molecular formula is C27H36F6N8O4. The quantitative estimate of drug-likeness (QED) is 0.362. The Labute approximate surface area is 255 Å². The standard InChI is InChI=1S/C25H35F3N8O2.C2HF3O2/c1-29-22-31-23(33-24(32-22)36-14-12-34(2)13-15-36)35(3)19-10-8-17(9-11-19)21(37)30-16-18-6-4-5-7-20(18)38-25(26,27)28;3-2(4,5)1(6)7/h4-7,17,19H,8-16H2,1-3H3,(H,30,37)(H,29,31,32,33);(H,6,7)/t17-,19+;. The van der Waals surface area contributed by atoms with Gasteiger partial charge in [-0.3, -0.25) is 4.79 Å². The molecule has 1 aliphatic carbocycles. The molecule has 0 radical (unpaired) electrons. The molecule has 0 atom stereocenters. The molecule has 2 fully saturated rings. The van der Waals surface area contributed by atoms with Crippen LogP contribution in [0.4, 0.5) is 44.2 Å². The topological polar surface area (TPSA) is 136 Å². The Bertz CT molecular complexity index is 1280. The SMILES string of the molecule is CNc1nc(N2CCN(C)CC2)nc(N(C)[C@H]2CC[C@@H](C(=O)NCc3ccccc3OC(F)(F)F)CC2)n1.O=C(O)C(F)(F)F. The average molecular weight is 651 g/mol. The van der Waals surface area contributed by atoms with Gasteiger partial charge in [0.1, 0.15) is 5.75 Å². The minimum absolute atomic E-state index is 0.0301. The van der Waals surface area contributed by atoms with E-state index in [9.17, 15) is 31.1 Å². The summed E-state index contributed by atoms with van der Waals surface area (Å²) in [5.74, 6) is -1.68. The van der Waals surface area contributed by atoms with Crippen molar-refractivity contribution >= 4 is 29.7 Å². The number of aromatic nitrogens is 3. The highest BCUT2D eigenvalue weighted by molar-refractivity contribution is 5.78. The van der Waals surface area contributed by atoms with E-state index in [-0.39, 0.29) is 35.7 Å². The number of rotatable bonds is 8. The zero-order chi connectivity index (χ0) is 33.4. The highest BCUT2D eigenvalue weighted by Crippen LogP contribution is 2.30. The smallest absolute Gasteiger partial charge is 0.475 e. The Morgan fingerprint density at radius 1 is 1.00 bits per heavy atom. The number of carboxylic acids is 1. The van der Waals surface area contributed by atoms with Crippen LogP contribution < -0.4 is 25.2 Å². The fourth-order valence-electron chi connectivity index (χ4n) is 4.86. The molecule has 4 rings (SSSR count). The molecule has 18 heteroatoms. The van der Waals surface area contributed by atoms with Gasteiger partial charge in [-0.1, -0.05) is 18.2 Å². The third kappa shape index (κ3) is 10.8. The van der Waals surface area contributed by atoms with Gasteiger partial charge in [0.15, 0.2) is 0 Å². The molecule has 2 heterocycles. The lowest BCUT2D eigenvalue weighted by molar-refractivity contribution is -0.274. The molecule has 1 saturated carbocycles. The molecule has 0 spiro atoms. The van der Waals surface area contributed by atoms with Crippen LogP contribution in [0.3, 0.4) is 0 Å². The average Bonchev–Trinajstić information content (AvgIpc) is 2.99. The van der Waals surface area contributed by atoms with Crippen molar-refractivity contribution in [3.05, 3.63) is 29.8 Å². The van der Waals surface area contributed by atoms with Crippen LogP contribution in [0.1, 0.15) is 31.2 Å². The monoisotopic (exact) mass is 650 g/mol. The molecule has 0 bridgehead atoms. The third-order valence-corrected chi connectivity index (χ3v) is 7.45. The first-order chi connectivity index (χ1) is 21.1. The van der Waals surface area contributed by atoms with Crippen LogP contribution in [0.2, 0.25) is 0 Å². The Hall–Kier alpha value is -4.09. The van der Waals surface area contributed by atoms with Gasteiger partial charge in [0.2, 0.25) is 23.8 Å². The maximum absolute atomic E-state index is 12.8. The molecule has 0 unspecified atom stereocenters. The number of piperazine rings is 1. The lowest BCUT2D eigenvalue weighted by Gasteiger charge is -2.35. The van der Waals surface area contributed by atoms with E-state index in [0.717, 1.165) is 39.0 Å². The van der Waals surface area contributed by atoms with Crippen molar-refractivity contribution in [1.29, 1.82) is 0 Å². The van der Waals surface area contributed by atoms with E-state index in [1.54, 1.807) is 13.1 Å². The number of carbonyl (C=O) groups excluding carboxylic acids is 1. The molecule has 1 saturated heterocycles. The summed E-state index contributed by atoms with van der Waals surface area (Å²) in [7, 11) is 5.84. The van der Waals surface area contributed by atoms with Gasteiger partial charge < -0.3 is 35.2 Å². The highest BCUT2D eigenvalue weighted by atomic mass is 19.4. The molecule has 250 valence electrons. The summed E-state index contributed by atoms with van der Waals surface area (Å²) in [4.78, 5) is 42.1. The predicted octanol–water partition coefficient (Wildman–Crippen LogP) is 3.51. The summed E-state index contributed by atoms with van der Waals surface area (Å²) in [6.07, 6.45) is -7.00. The van der Waals surface area contributed by atoms with E-state index in [1.165, 1.54) is 18.2 Å². The number of likely N-dealkylation sites (N-methyl/N-ethyl adjacent to an activating group) is 1. The lowest BCUT2D eigenvalue weighted by Crippen LogP contribution is -2.45. The summed E-state index contributed by atoms with van der Waals surface area (Å²) < 4.78 is 73.8. The minimum Gasteiger partial charge on any atom is -0.475 e. The number of hydrogen-bond donors (Lipinski definition) is 3. The number of nitrogens with one attached hydrogen (secondary N) is 2. The molecule has 1 aromatic carbocycles. The number of halogens is 6. The second-order valence-electron chi connectivity index (χ2n) is 10.6. The summed E-state index contributed by atoms with van der Waals surface area (Å²) in [5, 5.41) is 12.9. The van der Waals surface area contributed by atoms with Crippen LogP contribution in [-0.2, 0) is 16.1 Å². The van der Waals surface area contributed by atoms with Crippen LogP contribution in [0, 0.1) is 5.92 Å². The van der Waals surface area contributed by atoms with Gasteiger partial charge in [-0.05, 0) is 38.8 Å². The van der Waals surface area contributed by atoms with Crippen molar-refractivity contribution < 1.29 is 45.8 Å². The summed E-state index contributed by atoms with van der Waals surface area (Å²) >= 11 is 0. The third-order valence-electron chi connectivity index (χ3n) is 7.45. The number of para-hydroxylation sites is 1. The van der Waals surface area contributed by atoms with Gasteiger partial charge in [0.25, 0.3) is 0 Å². The first-order valence-electron chi connectivity index (χ1n) is 14.1. The van der Waals surface area contributed by atoms with Crippen molar-refractivity contribution in [3.8, 4) is 5.75 Å². The Balaban J connectivity index is 0.000000707. The van der Waals surface area contributed by atoms with Crippen molar-refractivity contribution in [1.82, 2.24) is 25.2 Å². The second-order valence-corrected chi connectivity index (χ2v) is 10.6. The number of aliphatic carboxylic acids is 1. The van der Waals surface area contributed by atoms with Crippen LogP contribution in [0.25, 0.3) is 0 Å². The molecule has 3 N–H and O–H groups in total. The fraction of sp³-hybridized carbons (Fsp3) is 0.593. The number of hydrogen-bond acceptors (Lipinski definition) is 10. The zero-order valence-corrected chi connectivity index (χ0v) is 25.0. The number of alkyl halides is 6. The van der Waals surface area contributed by atoms with Gasteiger partial charge >= 0.3 is 18.5 Å². The van der Waals surface area contributed by atoms with E-state index in [0.29, 0.717) is 30.7 Å². The van der Waals surface area contributed by atoms with Crippen molar-refractivity contribution in [2.45, 2.75) is 50.8 Å². The van der Waals surface area contributed by atoms with E-state index in [4.69, 9.17) is 14.9 Å². The number of carbonyl (C=O) groups is 2. The fourth-order valence-corrected chi connectivity index (χ4v) is 4.86. The number of carboxylic acid groups (broad SMARTS) is 1. The Morgan fingerprint density at radius 3 is 2.16 bits per heavy atom. The zero-order valence-electron chi connectivity index (χ0n) is 25.0. The molecule has 2 aromatic rings. The van der Waals surface area contributed by atoms with E-state index in [2.05, 4.69) is 47.1 Å². The predicted molar refractivity (Wildman–Crippen MR) is 152 cm³/mol. The van der Waals surface area contributed by atoms with Crippen LogP contribution in [0.15, 0.2) is 24.3 Å². The van der Waals surface area contributed by atoms with Gasteiger partial charge in [-0.2, -0.15) is 28.1 Å². The van der Waals surface area contributed by atoms with Crippen LogP contribution in [0.5, 0.6) is 5.75 Å². The van der Waals surface area contributed by atoms with E-state index < -0.39 is 18.5 Å². The van der Waals surface area contributed by atoms with E-state index in [1.807, 2.05) is 7.05 Å². The number of anilines is 3. The maximum atomic E-state index is 12.8. The lowest BCUT2D eigenvalue weighted by atomic mass is 9.85. The van der Waals surface area contributed by atoms with Gasteiger partial charge in [-0.15, -0.1) is 13.2 Å². The summed E-state index contributed by atoms with van der Waals surface area (Å²) in [6.45, 7) is 3.55. The number of amides is 1. The second kappa shape index (κ2) is 15.3. The molecule has 45 heavy (non-hydrogen) atoms. The normalized spacial score (nSPS) is 19.2. The molecular weight excluding hydrogens is 614 g/mol. The van der Waals surface area contributed by atoms with Crippen molar-refractivity contribution in [2.75, 3.05) is 62.4 Å². The van der Waals surface area contributed by atoms with E-state index >= 15 is 0 Å². The molecule has 1 aliphatic heterocycles. The Kier molecular flexibility index (Phi) is 12.0. The summed E-state index contributed by atoms with van der Waals surface area (Å²) in [6, 6.07) is 5.99. The van der Waals surface area contributed by atoms with Crippen LogP contribution in [-0.4, -0.2) is 103 Å². The van der Waals surface area contributed by atoms with Crippen molar-refractivity contribution in [2.24, 2.45) is 5.92 Å². The molecule has 1 aromatic heterocycles. The van der Waals surface area contributed by atoms with Crippen LogP contribution >= 0.6 is 0 Å². The van der Waals surface area contributed by atoms with Gasteiger partial charge in [-0.25, -0.2) is 4.79 Å². The van der Waals surface area contributed by atoms with Gasteiger partial charge in [0, 0.05) is 64.3 Å². The number of ether oxygens (including phenoxy) is 1. The molecule has 1 amide bonds. The molecule has 12 nitrogen and oxygen atoms in total. The molecule has 2 aliphatic rings. The number of nitrogens with zero attached hydrogens (tertiary/aromatic N) is 6. The van der Waals surface area contributed by atoms with Crippen molar-refractivity contribution in [3.63, 3.8) is 0 Å². The van der Waals surface area contributed by atoms with Gasteiger partial charge in [0.05, 0.1) is 0 Å². The highest BCUT2D eigenvalue weighted by Gasteiger charge is 2.38. The maximum Gasteiger partial charge on any atom is 0.573 e.